The number of amides is 2. The fourth-order valence-electron chi connectivity index (χ4n) is 2.93. The van der Waals surface area contributed by atoms with Crippen molar-refractivity contribution >= 4 is 23.6 Å². The van der Waals surface area contributed by atoms with Crippen molar-refractivity contribution in [1.29, 1.82) is 10.5 Å². The predicted molar refractivity (Wildman–Crippen MR) is 97.6 cm³/mol. The zero-order valence-corrected chi connectivity index (χ0v) is 17.1. The van der Waals surface area contributed by atoms with E-state index in [4.69, 9.17) is 15.3 Å². The highest BCUT2D eigenvalue weighted by Crippen LogP contribution is 2.27. The largest absolute Gasteiger partial charge is 0.444 e. The second kappa shape index (κ2) is 8.39. The van der Waals surface area contributed by atoms with Crippen LogP contribution >= 0.6 is 0 Å². The smallest absolute Gasteiger partial charge is 0.411 e. The standard InChI is InChI=1S/C19H26N4O5/c1-18(2,3)22(17(27)28-19(4,5)6)11-16(26)23-12(14(24)9-20)7-8-13(23)15(25)10-21/h12-13H,7-8,11H2,1-6H3. The Balaban J connectivity index is 3.19. The van der Waals surface area contributed by atoms with Gasteiger partial charge in [0.15, 0.2) is 0 Å². The van der Waals surface area contributed by atoms with Crippen LogP contribution in [0.15, 0.2) is 0 Å². The van der Waals surface area contributed by atoms with Crippen LogP contribution in [0, 0.1) is 22.7 Å². The molecule has 1 heterocycles. The number of hydrogen-bond acceptors (Lipinski definition) is 7. The maximum absolute atomic E-state index is 13.0. The molecule has 0 aromatic heterocycles. The fraction of sp³-hybridized carbons (Fsp3) is 0.684. The zero-order valence-electron chi connectivity index (χ0n) is 17.1. The summed E-state index contributed by atoms with van der Waals surface area (Å²) in [5.74, 6) is -2.41. The lowest BCUT2D eigenvalue weighted by molar-refractivity contribution is -0.142. The number of ketones is 2. The van der Waals surface area contributed by atoms with Gasteiger partial charge in [0, 0.05) is 5.54 Å². The van der Waals surface area contributed by atoms with Crippen molar-refractivity contribution in [3.8, 4) is 12.1 Å². The van der Waals surface area contributed by atoms with Crippen LogP contribution in [0.3, 0.4) is 0 Å². The normalized spacial score (nSPS) is 19.4. The molecule has 152 valence electrons. The Bertz CT molecular complexity index is 714. The molecule has 2 unspecified atom stereocenters. The molecular weight excluding hydrogens is 364 g/mol. The van der Waals surface area contributed by atoms with Crippen molar-refractivity contribution in [1.82, 2.24) is 9.80 Å². The molecule has 9 heteroatoms. The van der Waals surface area contributed by atoms with Crippen LogP contribution in [0.2, 0.25) is 0 Å². The molecule has 1 saturated heterocycles. The minimum Gasteiger partial charge on any atom is -0.444 e. The van der Waals surface area contributed by atoms with Gasteiger partial charge in [0.1, 0.15) is 36.4 Å². The SMILES string of the molecule is CC(C)(C)OC(=O)N(CC(=O)N1C(C(=O)C#N)CCC1C(=O)C#N)C(C)(C)C. The molecule has 0 saturated carbocycles. The molecule has 2 atom stereocenters. The highest BCUT2D eigenvalue weighted by molar-refractivity contribution is 6.05. The topological polar surface area (TPSA) is 132 Å². The molecule has 0 radical (unpaired) electrons. The molecule has 0 N–H and O–H groups in total. The summed E-state index contributed by atoms with van der Waals surface area (Å²) in [6, 6.07) is 0.727. The van der Waals surface area contributed by atoms with Crippen LogP contribution in [0.25, 0.3) is 0 Å². The molecule has 1 aliphatic rings. The first kappa shape index (κ1) is 23.1. The number of likely N-dealkylation sites (tertiary alicyclic amines) is 1. The summed E-state index contributed by atoms with van der Waals surface area (Å²) in [6.45, 7) is 9.76. The van der Waals surface area contributed by atoms with Crippen molar-refractivity contribution in [2.75, 3.05) is 6.54 Å². The highest BCUT2D eigenvalue weighted by atomic mass is 16.6. The average Bonchev–Trinajstić information content (AvgIpc) is 3.00. The van der Waals surface area contributed by atoms with Crippen LogP contribution in [-0.2, 0) is 19.1 Å². The lowest BCUT2D eigenvalue weighted by Crippen LogP contribution is -2.56. The van der Waals surface area contributed by atoms with E-state index in [2.05, 4.69) is 0 Å². The molecule has 9 nitrogen and oxygen atoms in total. The van der Waals surface area contributed by atoms with Gasteiger partial charge >= 0.3 is 6.09 Å². The molecule has 0 bridgehead atoms. The number of nitriles is 2. The summed E-state index contributed by atoms with van der Waals surface area (Å²) in [6.07, 6.45) is -0.505. The van der Waals surface area contributed by atoms with Crippen LogP contribution in [0.1, 0.15) is 54.4 Å². The minimum atomic E-state index is -1.11. The molecule has 1 rings (SSSR count). The molecule has 28 heavy (non-hydrogen) atoms. The Kier molecular flexibility index (Phi) is 6.92. The number of ether oxygens (including phenoxy) is 1. The lowest BCUT2D eigenvalue weighted by atomic mass is 10.1. The maximum atomic E-state index is 13.0. The Morgan fingerprint density at radius 3 is 1.71 bits per heavy atom. The second-order valence-corrected chi connectivity index (χ2v) is 8.60. The monoisotopic (exact) mass is 390 g/mol. The number of hydrogen-bond donors (Lipinski definition) is 0. The highest BCUT2D eigenvalue weighted by Gasteiger charge is 2.45. The van der Waals surface area contributed by atoms with Gasteiger partial charge in [-0.25, -0.2) is 4.79 Å². The van der Waals surface area contributed by atoms with Crippen molar-refractivity contribution in [3.63, 3.8) is 0 Å². The fourth-order valence-corrected chi connectivity index (χ4v) is 2.93. The molecule has 0 spiro atoms. The van der Waals surface area contributed by atoms with Crippen LogP contribution in [0.4, 0.5) is 4.79 Å². The number of nitrogens with zero attached hydrogens (tertiary/aromatic N) is 4. The summed E-state index contributed by atoms with van der Waals surface area (Å²) in [5.41, 5.74) is -1.57. The van der Waals surface area contributed by atoms with Crippen molar-refractivity contribution in [2.45, 2.75) is 77.6 Å². The van der Waals surface area contributed by atoms with Gasteiger partial charge in [0.05, 0.1) is 0 Å². The van der Waals surface area contributed by atoms with Crippen LogP contribution < -0.4 is 0 Å². The van der Waals surface area contributed by atoms with E-state index in [9.17, 15) is 19.2 Å². The van der Waals surface area contributed by atoms with Gasteiger partial charge in [0.25, 0.3) is 11.6 Å². The van der Waals surface area contributed by atoms with E-state index in [0.29, 0.717) is 0 Å². The quantitative estimate of drug-likeness (QED) is 0.665. The summed E-state index contributed by atoms with van der Waals surface area (Å²) < 4.78 is 5.36. The van der Waals surface area contributed by atoms with Gasteiger partial charge in [-0.2, -0.15) is 10.5 Å². The second-order valence-electron chi connectivity index (χ2n) is 8.60. The molecule has 0 aromatic rings. The average molecular weight is 390 g/mol. The van der Waals surface area contributed by atoms with E-state index in [1.807, 2.05) is 0 Å². The summed E-state index contributed by atoms with van der Waals surface area (Å²) in [5, 5.41) is 17.9. The van der Waals surface area contributed by atoms with E-state index >= 15 is 0 Å². The van der Waals surface area contributed by atoms with Gasteiger partial charge in [-0.3, -0.25) is 19.3 Å². The third kappa shape index (κ3) is 5.53. The van der Waals surface area contributed by atoms with Gasteiger partial charge < -0.3 is 9.64 Å². The Morgan fingerprint density at radius 1 is 0.964 bits per heavy atom. The predicted octanol–water partition coefficient (Wildman–Crippen LogP) is 1.57. The van der Waals surface area contributed by atoms with Crippen LogP contribution in [-0.4, -0.2) is 63.1 Å². The van der Waals surface area contributed by atoms with Crippen LogP contribution in [0.5, 0.6) is 0 Å². The molecular formula is C19H26N4O5. The number of carbonyl (C=O) groups excluding carboxylic acids is 4. The summed E-state index contributed by atoms with van der Waals surface area (Å²) >= 11 is 0. The van der Waals surface area contributed by atoms with Crippen molar-refractivity contribution < 1.29 is 23.9 Å². The molecule has 2 amide bonds. The van der Waals surface area contributed by atoms with Crippen molar-refractivity contribution in [3.05, 3.63) is 0 Å². The Labute approximate surface area is 164 Å². The van der Waals surface area contributed by atoms with E-state index in [1.165, 1.54) is 17.0 Å². The number of rotatable bonds is 4. The van der Waals surface area contributed by atoms with E-state index in [0.717, 1.165) is 4.90 Å². The van der Waals surface area contributed by atoms with E-state index in [-0.39, 0.29) is 12.8 Å². The van der Waals surface area contributed by atoms with Crippen molar-refractivity contribution in [2.24, 2.45) is 0 Å². The van der Waals surface area contributed by atoms with Gasteiger partial charge in [-0.05, 0) is 54.4 Å². The first-order chi connectivity index (χ1) is 12.7. The summed E-state index contributed by atoms with van der Waals surface area (Å²) in [4.78, 5) is 51.6. The third-order valence-corrected chi connectivity index (χ3v) is 4.22. The molecule has 0 aromatic carbocycles. The lowest BCUT2D eigenvalue weighted by Gasteiger charge is -2.38. The first-order valence-corrected chi connectivity index (χ1v) is 8.92. The maximum Gasteiger partial charge on any atom is 0.411 e. The van der Waals surface area contributed by atoms with E-state index < -0.39 is 53.3 Å². The Hall–Kier alpha value is -2.94. The number of carbonyl (C=O) groups is 4. The molecule has 0 aliphatic carbocycles. The minimum absolute atomic E-state index is 0.109. The molecule has 1 aliphatic heterocycles. The summed E-state index contributed by atoms with van der Waals surface area (Å²) in [7, 11) is 0. The third-order valence-electron chi connectivity index (χ3n) is 4.22. The van der Waals surface area contributed by atoms with E-state index in [1.54, 1.807) is 41.5 Å². The zero-order chi connectivity index (χ0) is 21.9. The molecule has 1 fully saturated rings. The first-order valence-electron chi connectivity index (χ1n) is 8.92. The van der Waals surface area contributed by atoms with Gasteiger partial charge in [-0.1, -0.05) is 0 Å². The Morgan fingerprint density at radius 2 is 1.39 bits per heavy atom. The van der Waals surface area contributed by atoms with Gasteiger partial charge in [-0.15, -0.1) is 0 Å². The van der Waals surface area contributed by atoms with Gasteiger partial charge in [0.2, 0.25) is 5.91 Å². The number of Topliss-reactive ketones (excluding diaryl/α,β-unsaturated/α-hetero) is 2.